The van der Waals surface area contributed by atoms with Gasteiger partial charge in [0, 0.05) is 5.92 Å². The van der Waals surface area contributed by atoms with Crippen LogP contribution in [0, 0.1) is 11.8 Å². The number of allylic oxidation sites excluding steroid dienone is 4. The molecule has 1 heteroatoms. The van der Waals surface area contributed by atoms with E-state index in [9.17, 15) is 4.79 Å². The Balaban J connectivity index is 2.79. The molecule has 0 N–H and O–H groups in total. The Labute approximate surface area is 74.2 Å². The summed E-state index contributed by atoms with van der Waals surface area (Å²) >= 11 is 0. The number of Topliss-reactive ketones (excluding diaryl/α,β-unsaturated/α-hetero) is 1. The van der Waals surface area contributed by atoms with Crippen LogP contribution in [-0.4, -0.2) is 5.78 Å². The van der Waals surface area contributed by atoms with Gasteiger partial charge in [0.05, 0.1) is 0 Å². The molecule has 0 aromatic heterocycles. The fourth-order valence-electron chi connectivity index (χ4n) is 1.40. The first-order valence-corrected chi connectivity index (χ1v) is 4.54. The highest BCUT2D eigenvalue weighted by atomic mass is 16.1. The third-order valence-electron chi connectivity index (χ3n) is 2.24. The van der Waals surface area contributed by atoms with Gasteiger partial charge < -0.3 is 0 Å². The van der Waals surface area contributed by atoms with Crippen LogP contribution in [-0.2, 0) is 4.79 Å². The SMILES string of the molecule is CC(C)C(=O)C1=CC=CCC1C. The molecule has 0 aliphatic heterocycles. The minimum absolute atomic E-state index is 0.130. The zero-order valence-electron chi connectivity index (χ0n) is 8.00. The molecule has 0 aromatic rings. The Kier molecular flexibility index (Phi) is 2.85. The molecular formula is C11H16O. The van der Waals surface area contributed by atoms with Crippen molar-refractivity contribution in [2.24, 2.45) is 11.8 Å². The fourth-order valence-corrected chi connectivity index (χ4v) is 1.40. The predicted octanol–water partition coefficient (Wildman–Crippen LogP) is 2.73. The van der Waals surface area contributed by atoms with Gasteiger partial charge in [0.15, 0.2) is 5.78 Å². The van der Waals surface area contributed by atoms with Gasteiger partial charge in [-0.3, -0.25) is 4.79 Å². The molecule has 1 nitrogen and oxygen atoms in total. The number of carbonyl (C=O) groups is 1. The largest absolute Gasteiger partial charge is 0.294 e. The maximum absolute atomic E-state index is 11.6. The first-order valence-electron chi connectivity index (χ1n) is 4.54. The van der Waals surface area contributed by atoms with E-state index in [0.717, 1.165) is 12.0 Å². The summed E-state index contributed by atoms with van der Waals surface area (Å²) in [4.78, 5) is 11.6. The van der Waals surface area contributed by atoms with Gasteiger partial charge in [-0.05, 0) is 17.9 Å². The van der Waals surface area contributed by atoms with Gasteiger partial charge in [-0.25, -0.2) is 0 Å². The minimum Gasteiger partial charge on any atom is -0.294 e. The highest BCUT2D eigenvalue weighted by Gasteiger charge is 2.19. The number of carbonyl (C=O) groups excluding carboxylic acids is 1. The van der Waals surface area contributed by atoms with Crippen molar-refractivity contribution in [2.75, 3.05) is 0 Å². The number of hydrogen-bond donors (Lipinski definition) is 0. The normalized spacial score (nSPS) is 22.7. The van der Waals surface area contributed by atoms with Crippen molar-refractivity contribution >= 4 is 5.78 Å². The van der Waals surface area contributed by atoms with E-state index in [4.69, 9.17) is 0 Å². The molecule has 0 heterocycles. The highest BCUT2D eigenvalue weighted by Crippen LogP contribution is 2.22. The second-order valence-corrected chi connectivity index (χ2v) is 3.71. The van der Waals surface area contributed by atoms with E-state index in [0.29, 0.717) is 11.7 Å². The lowest BCUT2D eigenvalue weighted by Crippen LogP contribution is -2.16. The van der Waals surface area contributed by atoms with Gasteiger partial charge >= 0.3 is 0 Å². The van der Waals surface area contributed by atoms with Crippen LogP contribution in [0.2, 0.25) is 0 Å². The Morgan fingerprint density at radius 3 is 2.75 bits per heavy atom. The molecule has 0 fully saturated rings. The van der Waals surface area contributed by atoms with Crippen molar-refractivity contribution in [2.45, 2.75) is 27.2 Å². The van der Waals surface area contributed by atoms with Crippen LogP contribution < -0.4 is 0 Å². The van der Waals surface area contributed by atoms with Crippen molar-refractivity contribution in [1.82, 2.24) is 0 Å². The van der Waals surface area contributed by atoms with Crippen LogP contribution in [0.4, 0.5) is 0 Å². The molecule has 66 valence electrons. The standard InChI is InChI=1S/C11H16O/c1-8(2)11(12)10-7-5-4-6-9(10)3/h4-5,7-9H,6H2,1-3H3. The van der Waals surface area contributed by atoms with Gasteiger partial charge in [0.25, 0.3) is 0 Å². The minimum atomic E-state index is 0.130. The number of rotatable bonds is 2. The third kappa shape index (κ3) is 1.84. The molecule has 12 heavy (non-hydrogen) atoms. The average molecular weight is 164 g/mol. The molecule has 0 bridgehead atoms. The summed E-state index contributed by atoms with van der Waals surface area (Å²) < 4.78 is 0. The second-order valence-electron chi connectivity index (χ2n) is 3.71. The molecule has 0 aromatic carbocycles. The summed E-state index contributed by atoms with van der Waals surface area (Å²) in [6.07, 6.45) is 7.05. The molecule has 0 saturated heterocycles. The van der Waals surface area contributed by atoms with E-state index in [2.05, 4.69) is 13.0 Å². The van der Waals surface area contributed by atoms with E-state index in [1.807, 2.05) is 26.0 Å². The predicted molar refractivity (Wildman–Crippen MR) is 50.8 cm³/mol. The van der Waals surface area contributed by atoms with E-state index < -0.39 is 0 Å². The Morgan fingerprint density at radius 1 is 1.58 bits per heavy atom. The van der Waals surface area contributed by atoms with Gasteiger partial charge in [0.1, 0.15) is 0 Å². The average Bonchev–Trinajstić information content (AvgIpc) is 2.04. The summed E-state index contributed by atoms with van der Waals surface area (Å²) in [5, 5.41) is 0. The number of ketones is 1. The lowest BCUT2D eigenvalue weighted by molar-refractivity contribution is -0.118. The summed E-state index contributed by atoms with van der Waals surface area (Å²) in [5.41, 5.74) is 0.993. The molecule has 1 atom stereocenters. The van der Waals surface area contributed by atoms with Crippen molar-refractivity contribution in [3.8, 4) is 0 Å². The van der Waals surface area contributed by atoms with E-state index in [-0.39, 0.29) is 5.92 Å². The monoisotopic (exact) mass is 164 g/mol. The molecule has 1 aliphatic carbocycles. The first kappa shape index (κ1) is 9.24. The van der Waals surface area contributed by atoms with Crippen molar-refractivity contribution in [1.29, 1.82) is 0 Å². The molecular weight excluding hydrogens is 148 g/mol. The van der Waals surface area contributed by atoms with Crippen molar-refractivity contribution < 1.29 is 4.79 Å². The molecule has 1 aliphatic rings. The van der Waals surface area contributed by atoms with E-state index in [1.54, 1.807) is 0 Å². The Morgan fingerprint density at radius 2 is 2.25 bits per heavy atom. The maximum atomic E-state index is 11.6. The lowest BCUT2D eigenvalue weighted by atomic mass is 9.86. The second kappa shape index (κ2) is 3.70. The molecule has 0 radical (unpaired) electrons. The number of hydrogen-bond acceptors (Lipinski definition) is 1. The lowest BCUT2D eigenvalue weighted by Gasteiger charge is -2.17. The smallest absolute Gasteiger partial charge is 0.161 e. The topological polar surface area (TPSA) is 17.1 Å². The third-order valence-corrected chi connectivity index (χ3v) is 2.24. The van der Waals surface area contributed by atoms with Crippen molar-refractivity contribution in [3.05, 3.63) is 23.8 Å². The summed E-state index contributed by atoms with van der Waals surface area (Å²) in [6, 6.07) is 0. The summed E-state index contributed by atoms with van der Waals surface area (Å²) in [6.45, 7) is 6.01. The first-order chi connectivity index (χ1) is 5.63. The Bertz CT molecular complexity index is 233. The van der Waals surface area contributed by atoms with Crippen molar-refractivity contribution in [3.63, 3.8) is 0 Å². The molecule has 0 spiro atoms. The Hall–Kier alpha value is -0.850. The quantitative estimate of drug-likeness (QED) is 0.613. The van der Waals surface area contributed by atoms with Gasteiger partial charge in [-0.1, -0.05) is 39.0 Å². The van der Waals surface area contributed by atoms with Gasteiger partial charge in [-0.15, -0.1) is 0 Å². The van der Waals surface area contributed by atoms with Crippen LogP contribution >= 0.6 is 0 Å². The van der Waals surface area contributed by atoms with Crippen LogP contribution in [0.3, 0.4) is 0 Å². The van der Waals surface area contributed by atoms with Crippen LogP contribution in [0.5, 0.6) is 0 Å². The van der Waals surface area contributed by atoms with Gasteiger partial charge in [0.2, 0.25) is 0 Å². The summed E-state index contributed by atoms with van der Waals surface area (Å²) in [5.74, 6) is 0.835. The van der Waals surface area contributed by atoms with Crippen LogP contribution in [0.15, 0.2) is 23.8 Å². The molecule has 0 amide bonds. The van der Waals surface area contributed by atoms with Crippen LogP contribution in [0.1, 0.15) is 27.2 Å². The zero-order chi connectivity index (χ0) is 9.14. The molecule has 1 rings (SSSR count). The highest BCUT2D eigenvalue weighted by molar-refractivity contribution is 5.97. The van der Waals surface area contributed by atoms with E-state index >= 15 is 0 Å². The van der Waals surface area contributed by atoms with Crippen LogP contribution in [0.25, 0.3) is 0 Å². The molecule has 1 unspecified atom stereocenters. The zero-order valence-corrected chi connectivity index (χ0v) is 8.00. The van der Waals surface area contributed by atoms with Gasteiger partial charge in [-0.2, -0.15) is 0 Å². The van der Waals surface area contributed by atoms with E-state index in [1.165, 1.54) is 0 Å². The maximum Gasteiger partial charge on any atom is 0.161 e. The summed E-state index contributed by atoms with van der Waals surface area (Å²) in [7, 11) is 0. The fraction of sp³-hybridized carbons (Fsp3) is 0.545. The molecule has 0 saturated carbocycles.